The Morgan fingerprint density at radius 2 is 1.54 bits per heavy atom. The zero-order chi connectivity index (χ0) is 33.1. The number of sulfonamides is 1. The second-order valence-corrected chi connectivity index (χ2v) is 13.2. The van der Waals surface area contributed by atoms with Crippen LogP contribution in [0.3, 0.4) is 0 Å². The summed E-state index contributed by atoms with van der Waals surface area (Å²) in [5.74, 6) is -0.296. The maximum atomic E-state index is 14.5. The molecule has 1 N–H and O–H groups in total. The molecule has 10 heteroatoms. The predicted molar refractivity (Wildman–Crippen MR) is 183 cm³/mol. The number of nitrogens with zero attached hydrogens (tertiary/aromatic N) is 2. The summed E-state index contributed by atoms with van der Waals surface area (Å²) in [6.07, 6.45) is 0.947. The van der Waals surface area contributed by atoms with E-state index in [4.69, 9.17) is 16.3 Å². The maximum absolute atomic E-state index is 14.5. The van der Waals surface area contributed by atoms with Crippen LogP contribution in [0.2, 0.25) is 5.02 Å². The Morgan fingerprint density at radius 1 is 0.870 bits per heavy atom. The lowest BCUT2D eigenvalue weighted by Gasteiger charge is -2.34. The zero-order valence-corrected chi connectivity index (χ0v) is 27.9. The minimum Gasteiger partial charge on any atom is -0.494 e. The molecule has 0 unspecified atom stereocenters. The molecule has 0 radical (unpaired) electrons. The van der Waals surface area contributed by atoms with Gasteiger partial charge in [-0.3, -0.25) is 13.9 Å². The van der Waals surface area contributed by atoms with Crippen molar-refractivity contribution in [2.75, 3.05) is 24.0 Å². The van der Waals surface area contributed by atoms with Gasteiger partial charge in [-0.1, -0.05) is 78.7 Å². The molecule has 0 aromatic heterocycles. The van der Waals surface area contributed by atoms with Gasteiger partial charge in [0.25, 0.3) is 10.0 Å². The summed E-state index contributed by atoms with van der Waals surface area (Å²) < 4.78 is 35.0. The molecule has 0 heterocycles. The summed E-state index contributed by atoms with van der Waals surface area (Å²) >= 11 is 6.31. The van der Waals surface area contributed by atoms with E-state index in [1.165, 1.54) is 17.0 Å². The van der Waals surface area contributed by atoms with Crippen LogP contribution in [-0.4, -0.2) is 50.9 Å². The van der Waals surface area contributed by atoms with Gasteiger partial charge in [0.05, 0.1) is 17.2 Å². The van der Waals surface area contributed by atoms with Gasteiger partial charge in [-0.05, 0) is 79.9 Å². The zero-order valence-electron chi connectivity index (χ0n) is 26.4. The van der Waals surface area contributed by atoms with Crippen molar-refractivity contribution < 1.29 is 22.7 Å². The Kier molecular flexibility index (Phi) is 12.2. The molecular formula is C36H40ClN3O5S. The van der Waals surface area contributed by atoms with E-state index in [-0.39, 0.29) is 29.5 Å². The molecule has 2 amide bonds. The third kappa shape index (κ3) is 9.11. The predicted octanol–water partition coefficient (Wildman–Crippen LogP) is 6.41. The van der Waals surface area contributed by atoms with Gasteiger partial charge < -0.3 is 15.0 Å². The minimum absolute atomic E-state index is 0.0398. The minimum atomic E-state index is -4.20. The second kappa shape index (κ2) is 16.3. The van der Waals surface area contributed by atoms with E-state index in [1.54, 1.807) is 54.6 Å². The Bertz CT molecular complexity index is 1700. The van der Waals surface area contributed by atoms with Gasteiger partial charge in [0.2, 0.25) is 11.8 Å². The Hall–Kier alpha value is -4.34. The number of hydrogen-bond donors (Lipinski definition) is 1. The number of benzene rings is 4. The van der Waals surface area contributed by atoms with Crippen molar-refractivity contribution >= 4 is 39.1 Å². The van der Waals surface area contributed by atoms with Gasteiger partial charge in [0, 0.05) is 24.5 Å². The van der Waals surface area contributed by atoms with E-state index in [0.717, 1.165) is 15.4 Å². The number of amides is 2. The van der Waals surface area contributed by atoms with Crippen molar-refractivity contribution in [2.45, 2.75) is 51.1 Å². The van der Waals surface area contributed by atoms with Crippen LogP contribution in [0.25, 0.3) is 0 Å². The van der Waals surface area contributed by atoms with Crippen LogP contribution in [0.5, 0.6) is 5.75 Å². The molecule has 4 aromatic carbocycles. The van der Waals surface area contributed by atoms with E-state index in [9.17, 15) is 18.0 Å². The highest BCUT2D eigenvalue weighted by atomic mass is 35.5. The van der Waals surface area contributed by atoms with Crippen LogP contribution in [0, 0.1) is 6.92 Å². The molecule has 4 rings (SSSR count). The quantitative estimate of drug-likeness (QED) is 0.159. The number of halogens is 1. The average Bonchev–Trinajstić information content (AvgIpc) is 3.05. The van der Waals surface area contributed by atoms with Crippen molar-refractivity contribution in [3.8, 4) is 5.75 Å². The van der Waals surface area contributed by atoms with E-state index < -0.39 is 28.5 Å². The van der Waals surface area contributed by atoms with E-state index in [0.29, 0.717) is 35.9 Å². The van der Waals surface area contributed by atoms with Crippen molar-refractivity contribution in [1.29, 1.82) is 0 Å². The standard InChI is InChI=1S/C36H40ClN3O5S/c1-4-22-38-36(42)34(24-28-10-7-6-8-11-28)39(25-29-12-9-13-30(37)23-29)35(41)26-40(31-16-18-32(19-17-31)45-5-2)46(43,44)33-20-14-27(3)15-21-33/h6-21,23,34H,4-5,22,24-26H2,1-3H3,(H,38,42)/t34-/m1/s1. The van der Waals surface area contributed by atoms with Gasteiger partial charge in [-0.25, -0.2) is 8.42 Å². The normalized spacial score (nSPS) is 11.8. The van der Waals surface area contributed by atoms with Gasteiger partial charge in [0.15, 0.2) is 0 Å². The fourth-order valence-corrected chi connectivity index (χ4v) is 6.62. The molecule has 0 aliphatic heterocycles. The van der Waals surface area contributed by atoms with Crippen LogP contribution in [0.1, 0.15) is 37.0 Å². The summed E-state index contributed by atoms with van der Waals surface area (Å²) in [4.78, 5) is 29.7. The van der Waals surface area contributed by atoms with Crippen LogP contribution >= 0.6 is 11.6 Å². The number of anilines is 1. The summed E-state index contributed by atoms with van der Waals surface area (Å²) in [5, 5.41) is 3.43. The third-order valence-electron chi connectivity index (χ3n) is 7.39. The van der Waals surface area contributed by atoms with Gasteiger partial charge >= 0.3 is 0 Å². The highest BCUT2D eigenvalue weighted by molar-refractivity contribution is 7.92. The lowest BCUT2D eigenvalue weighted by Crippen LogP contribution is -2.53. The summed E-state index contributed by atoms with van der Waals surface area (Å²) in [6.45, 7) is 6.06. The lowest BCUT2D eigenvalue weighted by molar-refractivity contribution is -0.140. The number of carbonyl (C=O) groups is 2. The number of rotatable bonds is 15. The van der Waals surface area contributed by atoms with E-state index in [1.807, 2.05) is 57.2 Å². The van der Waals surface area contributed by atoms with Crippen LogP contribution < -0.4 is 14.4 Å². The van der Waals surface area contributed by atoms with Crippen molar-refractivity contribution in [1.82, 2.24) is 10.2 Å². The molecule has 0 aliphatic rings. The number of ether oxygens (including phenoxy) is 1. The lowest BCUT2D eigenvalue weighted by atomic mass is 10.0. The van der Waals surface area contributed by atoms with E-state index >= 15 is 0 Å². The topological polar surface area (TPSA) is 96.0 Å². The molecular weight excluding hydrogens is 622 g/mol. The molecule has 0 spiro atoms. The molecule has 242 valence electrons. The molecule has 46 heavy (non-hydrogen) atoms. The summed E-state index contributed by atoms with van der Waals surface area (Å²) in [5.41, 5.74) is 2.75. The Morgan fingerprint density at radius 3 is 2.17 bits per heavy atom. The summed E-state index contributed by atoms with van der Waals surface area (Å²) in [7, 11) is -4.20. The molecule has 0 saturated heterocycles. The van der Waals surface area contributed by atoms with Crippen molar-refractivity contribution in [2.24, 2.45) is 0 Å². The summed E-state index contributed by atoms with van der Waals surface area (Å²) in [6, 6.07) is 28.6. The second-order valence-electron chi connectivity index (χ2n) is 10.9. The first-order valence-electron chi connectivity index (χ1n) is 15.3. The fraction of sp³-hybridized carbons (Fsp3) is 0.278. The van der Waals surface area contributed by atoms with E-state index in [2.05, 4.69) is 5.32 Å². The number of hydrogen-bond acceptors (Lipinski definition) is 5. The van der Waals surface area contributed by atoms with Gasteiger partial charge in [0.1, 0.15) is 18.3 Å². The highest BCUT2D eigenvalue weighted by Crippen LogP contribution is 2.27. The molecule has 1 atom stereocenters. The molecule has 8 nitrogen and oxygen atoms in total. The van der Waals surface area contributed by atoms with Crippen molar-refractivity contribution in [3.63, 3.8) is 0 Å². The Labute approximate surface area is 277 Å². The largest absolute Gasteiger partial charge is 0.494 e. The molecule has 4 aromatic rings. The van der Waals surface area contributed by atoms with Crippen molar-refractivity contribution in [3.05, 3.63) is 125 Å². The van der Waals surface area contributed by atoms with Crippen LogP contribution in [0.15, 0.2) is 108 Å². The average molecular weight is 662 g/mol. The molecule has 0 bridgehead atoms. The number of carbonyl (C=O) groups excluding carboxylic acids is 2. The monoisotopic (exact) mass is 661 g/mol. The smallest absolute Gasteiger partial charge is 0.264 e. The fourth-order valence-electron chi connectivity index (χ4n) is 4.99. The molecule has 0 fully saturated rings. The van der Waals surface area contributed by atoms with Crippen LogP contribution in [0.4, 0.5) is 5.69 Å². The van der Waals surface area contributed by atoms with Crippen LogP contribution in [-0.2, 0) is 32.6 Å². The first-order chi connectivity index (χ1) is 22.1. The maximum Gasteiger partial charge on any atom is 0.264 e. The highest BCUT2D eigenvalue weighted by Gasteiger charge is 2.34. The number of nitrogens with one attached hydrogen (secondary N) is 1. The Balaban J connectivity index is 1.79. The molecule has 0 aliphatic carbocycles. The van der Waals surface area contributed by atoms with Gasteiger partial charge in [-0.15, -0.1) is 0 Å². The third-order valence-corrected chi connectivity index (χ3v) is 9.41. The SMILES string of the molecule is CCCNC(=O)[C@@H](Cc1ccccc1)N(Cc1cccc(Cl)c1)C(=O)CN(c1ccc(OCC)cc1)S(=O)(=O)c1ccc(C)cc1. The number of aryl methyl sites for hydroxylation is 1. The first kappa shape index (κ1) is 34.5. The van der Waals surface area contributed by atoms with Gasteiger partial charge in [-0.2, -0.15) is 0 Å². The first-order valence-corrected chi connectivity index (χ1v) is 17.1. The molecule has 0 saturated carbocycles.